The molecular weight excluding hydrogens is 238 g/mol. The number of rotatable bonds is 6. The Morgan fingerprint density at radius 2 is 2.05 bits per heavy atom. The number of aryl methyl sites for hydroxylation is 1. The predicted octanol–water partition coefficient (Wildman–Crippen LogP) is 2.42. The topological polar surface area (TPSA) is 50.8 Å². The zero-order valence-electron chi connectivity index (χ0n) is 12.4. The van der Waals surface area contributed by atoms with Gasteiger partial charge in [-0.1, -0.05) is 12.1 Å². The molecule has 1 rings (SSSR count). The van der Waals surface area contributed by atoms with Gasteiger partial charge in [-0.2, -0.15) is 0 Å². The van der Waals surface area contributed by atoms with Crippen molar-refractivity contribution >= 4 is 5.96 Å². The summed E-state index contributed by atoms with van der Waals surface area (Å²) in [5, 5.41) is 0. The minimum atomic E-state index is 0.0101. The van der Waals surface area contributed by atoms with Crippen LogP contribution in [0.3, 0.4) is 0 Å². The summed E-state index contributed by atoms with van der Waals surface area (Å²) in [7, 11) is 0. The molecule has 1 aromatic rings. The minimum Gasteiger partial charge on any atom is -0.489 e. The maximum Gasteiger partial charge on any atom is 0.191 e. The summed E-state index contributed by atoms with van der Waals surface area (Å²) in [6.07, 6.45) is 0.0101. The zero-order valence-corrected chi connectivity index (χ0v) is 12.4. The molecule has 0 bridgehead atoms. The van der Waals surface area contributed by atoms with Crippen LogP contribution in [0, 0.1) is 6.92 Å². The van der Waals surface area contributed by atoms with Crippen molar-refractivity contribution in [2.45, 2.75) is 33.8 Å². The predicted molar refractivity (Wildman–Crippen MR) is 80.7 cm³/mol. The monoisotopic (exact) mass is 263 g/mol. The molecule has 4 nitrogen and oxygen atoms in total. The first-order valence-corrected chi connectivity index (χ1v) is 6.85. The molecule has 0 amide bonds. The van der Waals surface area contributed by atoms with E-state index in [2.05, 4.69) is 18.8 Å². The van der Waals surface area contributed by atoms with Gasteiger partial charge in [0.15, 0.2) is 5.96 Å². The van der Waals surface area contributed by atoms with Gasteiger partial charge in [0, 0.05) is 13.1 Å². The van der Waals surface area contributed by atoms with Crippen LogP contribution in [-0.2, 0) is 0 Å². The van der Waals surface area contributed by atoms with Gasteiger partial charge < -0.3 is 15.4 Å². The van der Waals surface area contributed by atoms with E-state index in [4.69, 9.17) is 10.5 Å². The van der Waals surface area contributed by atoms with E-state index in [0.717, 1.165) is 18.8 Å². The Morgan fingerprint density at radius 3 is 2.63 bits per heavy atom. The smallest absolute Gasteiger partial charge is 0.191 e. The minimum absolute atomic E-state index is 0.0101. The molecule has 4 heteroatoms. The number of nitrogens with zero attached hydrogens (tertiary/aromatic N) is 2. The lowest BCUT2D eigenvalue weighted by Gasteiger charge is -2.20. The Balaban J connectivity index is 2.51. The van der Waals surface area contributed by atoms with E-state index in [1.165, 1.54) is 5.56 Å². The second-order valence-corrected chi connectivity index (χ2v) is 4.62. The lowest BCUT2D eigenvalue weighted by molar-refractivity contribution is 0.229. The van der Waals surface area contributed by atoms with Gasteiger partial charge in [0.25, 0.3) is 0 Å². The molecule has 0 saturated heterocycles. The van der Waals surface area contributed by atoms with Crippen molar-refractivity contribution in [2.75, 3.05) is 19.6 Å². The second kappa shape index (κ2) is 7.67. The number of hydrogen-bond donors (Lipinski definition) is 1. The molecule has 19 heavy (non-hydrogen) atoms. The third kappa shape index (κ3) is 5.20. The number of aliphatic imine (C=N–C) groups is 1. The number of guanidine groups is 1. The first-order valence-electron chi connectivity index (χ1n) is 6.85. The maximum absolute atomic E-state index is 5.93. The van der Waals surface area contributed by atoms with Crippen LogP contribution in [0.4, 0.5) is 0 Å². The molecule has 0 aliphatic carbocycles. The molecule has 0 aliphatic rings. The molecule has 0 fully saturated rings. The molecular formula is C15H25N3O. The number of hydrogen-bond acceptors (Lipinski definition) is 2. The van der Waals surface area contributed by atoms with Crippen LogP contribution in [0.5, 0.6) is 5.75 Å². The van der Waals surface area contributed by atoms with Crippen molar-refractivity contribution in [2.24, 2.45) is 10.7 Å². The summed E-state index contributed by atoms with van der Waals surface area (Å²) in [6, 6.07) is 8.02. The van der Waals surface area contributed by atoms with Crippen LogP contribution < -0.4 is 10.5 Å². The normalized spacial score (nSPS) is 13.2. The van der Waals surface area contributed by atoms with Gasteiger partial charge in [-0.3, -0.25) is 0 Å². The highest BCUT2D eigenvalue weighted by Crippen LogP contribution is 2.14. The van der Waals surface area contributed by atoms with E-state index >= 15 is 0 Å². The summed E-state index contributed by atoms with van der Waals surface area (Å²) >= 11 is 0. The standard InChI is InChI=1S/C15H25N3O/c1-5-18(6-2)15(16)17-11-13(4)19-14-9-7-8-12(3)10-14/h7-10,13H,5-6,11H2,1-4H3,(H2,16,17). The molecule has 1 atom stereocenters. The van der Waals surface area contributed by atoms with E-state index in [0.29, 0.717) is 12.5 Å². The first kappa shape index (κ1) is 15.3. The molecule has 0 heterocycles. The fourth-order valence-corrected chi connectivity index (χ4v) is 1.83. The van der Waals surface area contributed by atoms with Gasteiger partial charge in [-0.25, -0.2) is 4.99 Å². The second-order valence-electron chi connectivity index (χ2n) is 4.62. The van der Waals surface area contributed by atoms with Crippen molar-refractivity contribution in [3.05, 3.63) is 29.8 Å². The SMILES string of the molecule is CCN(CC)C(N)=NCC(C)Oc1cccc(C)c1. The number of ether oxygens (including phenoxy) is 1. The van der Waals surface area contributed by atoms with E-state index in [-0.39, 0.29) is 6.10 Å². The average molecular weight is 263 g/mol. The summed E-state index contributed by atoms with van der Waals surface area (Å²) in [4.78, 5) is 6.41. The number of nitrogens with two attached hydrogens (primary N) is 1. The molecule has 0 spiro atoms. The summed E-state index contributed by atoms with van der Waals surface area (Å²) < 4.78 is 5.81. The highest BCUT2D eigenvalue weighted by molar-refractivity contribution is 5.78. The summed E-state index contributed by atoms with van der Waals surface area (Å²) in [5.41, 5.74) is 7.12. The van der Waals surface area contributed by atoms with Crippen molar-refractivity contribution < 1.29 is 4.74 Å². The Morgan fingerprint density at radius 1 is 1.37 bits per heavy atom. The molecule has 106 valence electrons. The first-order chi connectivity index (χ1) is 9.06. The Labute approximate surface area is 116 Å². The van der Waals surface area contributed by atoms with Crippen molar-refractivity contribution in [1.82, 2.24) is 4.90 Å². The van der Waals surface area contributed by atoms with Crippen molar-refractivity contribution in [3.8, 4) is 5.75 Å². The Bertz CT molecular complexity index is 414. The highest BCUT2D eigenvalue weighted by Gasteiger charge is 2.06. The van der Waals surface area contributed by atoms with Gasteiger partial charge in [-0.15, -0.1) is 0 Å². The van der Waals surface area contributed by atoms with Crippen LogP contribution in [0.15, 0.2) is 29.3 Å². The zero-order chi connectivity index (χ0) is 14.3. The summed E-state index contributed by atoms with van der Waals surface area (Å²) in [5.74, 6) is 1.47. The maximum atomic E-state index is 5.93. The van der Waals surface area contributed by atoms with Gasteiger partial charge in [-0.05, 0) is 45.4 Å². The van der Waals surface area contributed by atoms with Crippen LogP contribution >= 0.6 is 0 Å². The van der Waals surface area contributed by atoms with E-state index < -0.39 is 0 Å². The molecule has 0 radical (unpaired) electrons. The fraction of sp³-hybridized carbons (Fsp3) is 0.533. The van der Waals surface area contributed by atoms with Crippen LogP contribution in [0.2, 0.25) is 0 Å². The average Bonchev–Trinajstić information content (AvgIpc) is 2.38. The molecule has 0 aromatic heterocycles. The lowest BCUT2D eigenvalue weighted by Crippen LogP contribution is -2.37. The molecule has 0 saturated carbocycles. The van der Waals surface area contributed by atoms with Gasteiger partial charge >= 0.3 is 0 Å². The number of benzene rings is 1. The third-order valence-electron chi connectivity index (χ3n) is 2.92. The van der Waals surface area contributed by atoms with Crippen LogP contribution in [0.1, 0.15) is 26.3 Å². The fourth-order valence-electron chi connectivity index (χ4n) is 1.83. The molecule has 0 aliphatic heterocycles. The van der Waals surface area contributed by atoms with E-state index in [1.807, 2.05) is 43.0 Å². The highest BCUT2D eigenvalue weighted by atomic mass is 16.5. The summed E-state index contributed by atoms with van der Waals surface area (Å²) in [6.45, 7) is 10.5. The quantitative estimate of drug-likeness (QED) is 0.633. The lowest BCUT2D eigenvalue weighted by atomic mass is 10.2. The molecule has 1 unspecified atom stereocenters. The molecule has 1 aromatic carbocycles. The third-order valence-corrected chi connectivity index (χ3v) is 2.92. The van der Waals surface area contributed by atoms with Crippen LogP contribution in [0.25, 0.3) is 0 Å². The molecule has 2 N–H and O–H groups in total. The van der Waals surface area contributed by atoms with E-state index in [9.17, 15) is 0 Å². The Hall–Kier alpha value is -1.71. The largest absolute Gasteiger partial charge is 0.489 e. The van der Waals surface area contributed by atoms with Crippen LogP contribution in [-0.4, -0.2) is 36.6 Å². The Kier molecular flexibility index (Phi) is 6.19. The van der Waals surface area contributed by atoms with Gasteiger partial charge in [0.05, 0.1) is 6.54 Å². The van der Waals surface area contributed by atoms with Gasteiger partial charge in [0.1, 0.15) is 11.9 Å². The van der Waals surface area contributed by atoms with E-state index in [1.54, 1.807) is 0 Å². The van der Waals surface area contributed by atoms with Gasteiger partial charge in [0.2, 0.25) is 0 Å². The van der Waals surface area contributed by atoms with Crippen molar-refractivity contribution in [1.29, 1.82) is 0 Å². The van der Waals surface area contributed by atoms with Crippen molar-refractivity contribution in [3.63, 3.8) is 0 Å².